The Kier molecular flexibility index (Phi) is 7.89. The third kappa shape index (κ3) is 5.84. The van der Waals surface area contributed by atoms with E-state index in [1.807, 2.05) is 31.2 Å². The van der Waals surface area contributed by atoms with E-state index >= 15 is 0 Å². The predicted molar refractivity (Wildman–Crippen MR) is 172 cm³/mol. The molecule has 0 spiro atoms. The summed E-state index contributed by atoms with van der Waals surface area (Å²) >= 11 is 7.51. The molecule has 1 fully saturated rings. The summed E-state index contributed by atoms with van der Waals surface area (Å²) in [4.78, 5) is 30.3. The normalized spacial score (nSPS) is 16.1. The molecule has 3 N–H and O–H groups in total. The molecule has 0 bridgehead atoms. The van der Waals surface area contributed by atoms with Gasteiger partial charge in [0.15, 0.2) is 28.3 Å². The highest BCUT2D eigenvalue weighted by Crippen LogP contribution is 2.42. The first-order chi connectivity index (χ1) is 20.6. The molecule has 0 radical (unpaired) electrons. The quantitative estimate of drug-likeness (QED) is 0.238. The van der Waals surface area contributed by atoms with E-state index in [0.717, 1.165) is 53.7 Å². The maximum Gasteiger partial charge on any atom is 0.267 e. The van der Waals surface area contributed by atoms with Crippen molar-refractivity contribution in [1.29, 1.82) is 0 Å². The third-order valence-electron chi connectivity index (χ3n) is 7.50. The van der Waals surface area contributed by atoms with Gasteiger partial charge in [-0.3, -0.25) is 4.79 Å². The highest BCUT2D eigenvalue weighted by Gasteiger charge is 2.34. The molecule has 3 aromatic heterocycles. The van der Waals surface area contributed by atoms with Crippen LogP contribution >= 0.6 is 22.9 Å². The van der Waals surface area contributed by atoms with Gasteiger partial charge in [0.2, 0.25) is 0 Å². The number of aryl methyl sites for hydroxylation is 1. The van der Waals surface area contributed by atoms with Crippen LogP contribution in [0, 0.1) is 6.92 Å². The number of aromatic nitrogens is 3. The van der Waals surface area contributed by atoms with Gasteiger partial charge in [0.05, 0.1) is 41.4 Å². The van der Waals surface area contributed by atoms with E-state index in [1.54, 1.807) is 13.2 Å². The average molecular weight is 620 g/mol. The monoisotopic (exact) mass is 619 g/mol. The number of para-hydroxylation sites is 1. The standard InChI is InChI=1S/C31H34ClN7O3S/c1-17-7-6-8-20(32)25(17)36-29(40)24-15-34-30(43-24)38-27-22(41-5)10-9-21(35-27)19-13-23-28(37-26(19)31(2,3)4)39-12-11-33-14-18(39)16-42-23/h6-10,13,15,18,33H,11-12,14,16H2,1-5H3,(H,36,40)(H,34,35,38)/t18-/m0/s1. The third-order valence-corrected chi connectivity index (χ3v) is 8.73. The summed E-state index contributed by atoms with van der Waals surface area (Å²) in [5.74, 6) is 2.37. The summed E-state index contributed by atoms with van der Waals surface area (Å²) in [5, 5.41) is 10.6. The lowest BCUT2D eigenvalue weighted by molar-refractivity contribution is 0.103. The number of carbonyl (C=O) groups excluding carboxylic acids is 1. The number of nitrogens with zero attached hydrogens (tertiary/aromatic N) is 4. The average Bonchev–Trinajstić information content (AvgIpc) is 3.46. The van der Waals surface area contributed by atoms with Crippen LogP contribution in [0.15, 0.2) is 42.6 Å². The van der Waals surface area contributed by atoms with Gasteiger partial charge in [-0.25, -0.2) is 15.0 Å². The van der Waals surface area contributed by atoms with Crippen molar-refractivity contribution in [2.45, 2.75) is 39.2 Å². The number of pyridine rings is 2. The predicted octanol–water partition coefficient (Wildman–Crippen LogP) is 6.03. The zero-order valence-electron chi connectivity index (χ0n) is 24.7. The van der Waals surface area contributed by atoms with Crippen molar-refractivity contribution in [3.8, 4) is 22.8 Å². The molecular weight excluding hydrogens is 586 g/mol. The molecule has 6 rings (SSSR count). The van der Waals surface area contributed by atoms with Crippen molar-refractivity contribution >= 4 is 51.3 Å². The van der Waals surface area contributed by atoms with Gasteiger partial charge in [-0.15, -0.1) is 0 Å². The second kappa shape index (κ2) is 11.6. The van der Waals surface area contributed by atoms with E-state index in [4.69, 9.17) is 31.0 Å². The number of ether oxygens (including phenoxy) is 2. The molecule has 2 aliphatic heterocycles. The Morgan fingerprint density at radius 1 is 1.23 bits per heavy atom. The maximum absolute atomic E-state index is 13.0. The van der Waals surface area contributed by atoms with Crippen LogP contribution in [0.4, 0.5) is 22.5 Å². The van der Waals surface area contributed by atoms with Crippen LogP contribution in [0.3, 0.4) is 0 Å². The largest absolute Gasteiger partial charge is 0.493 e. The fraction of sp³-hybridized carbons (Fsp3) is 0.355. The number of nitrogens with one attached hydrogen (secondary N) is 3. The SMILES string of the molecule is COc1ccc(-c2cc3c(nc2C(C)(C)C)N2CCNC[C@H]2CO3)nc1Nc1ncc(C(=O)Nc2c(C)cccc2Cl)s1. The van der Waals surface area contributed by atoms with Gasteiger partial charge in [-0.1, -0.05) is 55.8 Å². The molecule has 1 amide bonds. The molecule has 0 saturated carbocycles. The second-order valence-corrected chi connectivity index (χ2v) is 13.0. The number of halogens is 1. The lowest BCUT2D eigenvalue weighted by atomic mass is 9.87. The van der Waals surface area contributed by atoms with Gasteiger partial charge < -0.3 is 30.3 Å². The zero-order valence-corrected chi connectivity index (χ0v) is 26.3. The van der Waals surface area contributed by atoms with E-state index in [9.17, 15) is 4.79 Å². The smallest absolute Gasteiger partial charge is 0.267 e. The minimum absolute atomic E-state index is 0.252. The zero-order chi connectivity index (χ0) is 30.3. The van der Waals surface area contributed by atoms with Crippen LogP contribution < -0.4 is 30.3 Å². The van der Waals surface area contributed by atoms with Crippen molar-refractivity contribution in [2.75, 3.05) is 48.9 Å². The first-order valence-electron chi connectivity index (χ1n) is 14.1. The van der Waals surface area contributed by atoms with Crippen LogP contribution in [0.1, 0.15) is 41.7 Å². The van der Waals surface area contributed by atoms with E-state index in [-0.39, 0.29) is 17.4 Å². The topological polar surface area (TPSA) is 114 Å². The number of hydrogen-bond donors (Lipinski definition) is 3. The Morgan fingerprint density at radius 2 is 2.07 bits per heavy atom. The van der Waals surface area contributed by atoms with Gasteiger partial charge in [-0.2, -0.15) is 0 Å². The van der Waals surface area contributed by atoms with Crippen molar-refractivity contribution in [1.82, 2.24) is 20.3 Å². The van der Waals surface area contributed by atoms with Crippen molar-refractivity contribution < 1.29 is 14.3 Å². The molecule has 2 aliphatic rings. The molecule has 224 valence electrons. The lowest BCUT2D eigenvalue weighted by Gasteiger charge is -2.41. The number of rotatable bonds is 6. The lowest BCUT2D eigenvalue weighted by Crippen LogP contribution is -2.56. The summed E-state index contributed by atoms with van der Waals surface area (Å²) in [6, 6.07) is 11.6. The minimum Gasteiger partial charge on any atom is -0.493 e. The van der Waals surface area contributed by atoms with E-state index < -0.39 is 0 Å². The number of hydrogen-bond acceptors (Lipinski definition) is 10. The van der Waals surface area contributed by atoms with Crippen LogP contribution in [-0.4, -0.2) is 60.3 Å². The Bertz CT molecular complexity index is 1670. The molecule has 0 unspecified atom stereocenters. The van der Waals surface area contributed by atoms with Gasteiger partial charge in [-0.05, 0) is 36.8 Å². The summed E-state index contributed by atoms with van der Waals surface area (Å²) in [5.41, 5.74) is 3.74. The fourth-order valence-electron chi connectivity index (χ4n) is 5.29. The summed E-state index contributed by atoms with van der Waals surface area (Å²) in [7, 11) is 1.59. The van der Waals surface area contributed by atoms with E-state index in [2.05, 4.69) is 52.7 Å². The van der Waals surface area contributed by atoms with Crippen LogP contribution in [0.5, 0.6) is 11.5 Å². The highest BCUT2D eigenvalue weighted by atomic mass is 35.5. The summed E-state index contributed by atoms with van der Waals surface area (Å²) < 4.78 is 11.8. The number of anilines is 4. The molecule has 4 aromatic rings. The number of amides is 1. The molecule has 12 heteroatoms. The van der Waals surface area contributed by atoms with Gasteiger partial charge in [0.25, 0.3) is 5.91 Å². The Balaban J connectivity index is 1.31. The molecular formula is C31H34ClN7O3S. The first kappa shape index (κ1) is 29.2. The molecule has 1 aromatic carbocycles. The molecule has 10 nitrogen and oxygen atoms in total. The summed E-state index contributed by atoms with van der Waals surface area (Å²) in [6.45, 7) is 11.6. The fourth-order valence-corrected chi connectivity index (χ4v) is 6.27. The van der Waals surface area contributed by atoms with Crippen molar-refractivity contribution in [2.24, 2.45) is 0 Å². The van der Waals surface area contributed by atoms with E-state index in [1.165, 1.54) is 17.5 Å². The molecule has 5 heterocycles. The van der Waals surface area contributed by atoms with Crippen molar-refractivity contribution in [3.05, 3.63) is 63.8 Å². The first-order valence-corrected chi connectivity index (χ1v) is 15.3. The molecule has 1 saturated heterocycles. The Hall–Kier alpha value is -3.93. The molecule has 0 aliphatic carbocycles. The number of fused-ring (bicyclic) bond motifs is 3. The number of piperazine rings is 1. The Morgan fingerprint density at radius 3 is 2.84 bits per heavy atom. The maximum atomic E-state index is 13.0. The van der Waals surface area contributed by atoms with E-state index in [0.29, 0.717) is 38.9 Å². The van der Waals surface area contributed by atoms with Gasteiger partial charge in [0.1, 0.15) is 11.5 Å². The number of methoxy groups -OCH3 is 1. The minimum atomic E-state index is -0.294. The number of carbonyl (C=O) groups is 1. The number of thiazole rings is 1. The van der Waals surface area contributed by atoms with Crippen LogP contribution in [-0.2, 0) is 5.41 Å². The van der Waals surface area contributed by atoms with Crippen LogP contribution in [0.25, 0.3) is 11.3 Å². The number of benzene rings is 1. The summed E-state index contributed by atoms with van der Waals surface area (Å²) in [6.07, 6.45) is 1.52. The molecule has 43 heavy (non-hydrogen) atoms. The Labute approximate surface area is 259 Å². The highest BCUT2D eigenvalue weighted by molar-refractivity contribution is 7.17. The van der Waals surface area contributed by atoms with Crippen LogP contribution in [0.2, 0.25) is 5.02 Å². The second-order valence-electron chi connectivity index (χ2n) is 11.6. The van der Waals surface area contributed by atoms with Gasteiger partial charge >= 0.3 is 0 Å². The molecule has 1 atom stereocenters. The van der Waals surface area contributed by atoms with Crippen molar-refractivity contribution in [3.63, 3.8) is 0 Å². The van der Waals surface area contributed by atoms with Gasteiger partial charge in [0, 0.05) is 30.6 Å².